The molecule has 3 saturated carbocycles. The topological polar surface area (TPSA) is 0 Å². The average Bonchev–Trinajstić information content (AvgIpc) is 2.46. The van der Waals surface area contributed by atoms with Crippen LogP contribution in [0.15, 0.2) is 0 Å². The zero-order valence-electron chi connectivity index (χ0n) is 6.72. The van der Waals surface area contributed by atoms with Crippen molar-refractivity contribution in [3.05, 3.63) is 0 Å². The third-order valence-electron chi connectivity index (χ3n) is 4.34. The van der Waals surface area contributed by atoms with Crippen molar-refractivity contribution in [2.75, 3.05) is 0 Å². The molecule has 0 amide bonds. The Morgan fingerprint density at radius 2 is 1.70 bits per heavy atom. The third kappa shape index (κ3) is 0.538. The Hall–Kier alpha value is 0. The molecule has 5 unspecified atom stereocenters. The highest BCUT2D eigenvalue weighted by Crippen LogP contribution is 2.64. The molecule has 10 heavy (non-hydrogen) atoms. The molecule has 0 N–H and O–H groups in total. The molecule has 0 radical (unpaired) electrons. The molecule has 3 aliphatic carbocycles. The van der Waals surface area contributed by atoms with Crippen molar-refractivity contribution in [1.29, 1.82) is 0 Å². The molecule has 0 aliphatic heterocycles. The molecule has 0 heterocycles. The Morgan fingerprint density at radius 3 is 2.50 bits per heavy atom. The van der Waals surface area contributed by atoms with E-state index in [0.717, 1.165) is 5.92 Å². The molecule has 56 valence electrons. The van der Waals surface area contributed by atoms with Crippen molar-refractivity contribution in [3.63, 3.8) is 0 Å². The molecular weight excluding hydrogens is 120 g/mol. The second-order valence-electron chi connectivity index (χ2n) is 4.78. The number of hydrogen-bond acceptors (Lipinski definition) is 0. The Labute approximate surface area is 63.0 Å². The maximum atomic E-state index is 2.47. The van der Waals surface area contributed by atoms with Gasteiger partial charge < -0.3 is 0 Å². The summed E-state index contributed by atoms with van der Waals surface area (Å²) in [5.41, 5.74) is 0. The van der Waals surface area contributed by atoms with Gasteiger partial charge in [0, 0.05) is 0 Å². The lowest BCUT2D eigenvalue weighted by Crippen LogP contribution is -2.09. The molecule has 0 bridgehead atoms. The summed E-state index contributed by atoms with van der Waals surface area (Å²) in [6.07, 6.45) is 6.33. The van der Waals surface area contributed by atoms with Gasteiger partial charge in [-0.3, -0.25) is 0 Å². The van der Waals surface area contributed by atoms with Crippen molar-refractivity contribution < 1.29 is 0 Å². The third-order valence-corrected chi connectivity index (χ3v) is 4.34. The summed E-state index contributed by atoms with van der Waals surface area (Å²) in [6.45, 7) is 2.47. The zero-order chi connectivity index (χ0) is 6.72. The molecule has 3 fully saturated rings. The highest BCUT2D eigenvalue weighted by molar-refractivity contribution is 5.05. The fraction of sp³-hybridized carbons (Fsp3) is 1.00. The van der Waals surface area contributed by atoms with Gasteiger partial charge in [0.05, 0.1) is 0 Å². The summed E-state index contributed by atoms with van der Waals surface area (Å²) in [5.74, 6) is 5.87. The predicted molar refractivity (Wildman–Crippen MR) is 41.6 cm³/mol. The lowest BCUT2D eigenvalue weighted by Gasteiger charge is -2.15. The zero-order valence-corrected chi connectivity index (χ0v) is 6.72. The molecule has 0 saturated heterocycles. The fourth-order valence-corrected chi connectivity index (χ4v) is 3.66. The minimum atomic E-state index is 1.08. The van der Waals surface area contributed by atoms with Crippen molar-refractivity contribution in [1.82, 2.24) is 0 Å². The minimum absolute atomic E-state index is 1.08. The molecule has 0 spiro atoms. The maximum absolute atomic E-state index is 2.47. The second kappa shape index (κ2) is 1.60. The van der Waals surface area contributed by atoms with Crippen LogP contribution in [0.1, 0.15) is 32.6 Å². The van der Waals surface area contributed by atoms with Crippen LogP contribution in [0.25, 0.3) is 0 Å². The van der Waals surface area contributed by atoms with E-state index in [1.165, 1.54) is 23.7 Å². The lowest BCUT2D eigenvalue weighted by atomic mass is 9.90. The number of fused-ring (bicyclic) bond motifs is 3. The average molecular weight is 136 g/mol. The standard InChI is InChI=1S/C10H16/c1-6-2-3-8-9(6)4-7-5-10(7)8/h6-10H,2-5H2,1H3. The van der Waals surface area contributed by atoms with Crippen molar-refractivity contribution in [2.45, 2.75) is 32.6 Å². The smallest absolute Gasteiger partial charge is 0.0352 e. The lowest BCUT2D eigenvalue weighted by molar-refractivity contribution is 0.333. The van der Waals surface area contributed by atoms with Crippen molar-refractivity contribution in [3.8, 4) is 0 Å². The van der Waals surface area contributed by atoms with Gasteiger partial charge in [-0.1, -0.05) is 13.3 Å². The highest BCUT2D eigenvalue weighted by atomic mass is 14.6. The molecule has 3 rings (SSSR count). The fourth-order valence-electron chi connectivity index (χ4n) is 3.66. The van der Waals surface area contributed by atoms with E-state index in [1.807, 2.05) is 0 Å². The Kier molecular flexibility index (Phi) is 0.898. The normalized spacial score (nSPS) is 63.9. The van der Waals surface area contributed by atoms with Crippen LogP contribution in [0, 0.1) is 29.6 Å². The van der Waals surface area contributed by atoms with E-state index in [-0.39, 0.29) is 0 Å². The van der Waals surface area contributed by atoms with E-state index in [9.17, 15) is 0 Å². The van der Waals surface area contributed by atoms with Gasteiger partial charge in [0.15, 0.2) is 0 Å². The van der Waals surface area contributed by atoms with Crippen LogP contribution in [0.2, 0.25) is 0 Å². The first kappa shape index (κ1) is 5.62. The van der Waals surface area contributed by atoms with Gasteiger partial charge in [0.1, 0.15) is 0 Å². The molecule has 0 aromatic heterocycles. The number of rotatable bonds is 0. The maximum Gasteiger partial charge on any atom is -0.0352 e. The van der Waals surface area contributed by atoms with Gasteiger partial charge in [0.2, 0.25) is 0 Å². The number of hydrogen-bond donors (Lipinski definition) is 0. The van der Waals surface area contributed by atoms with E-state index < -0.39 is 0 Å². The van der Waals surface area contributed by atoms with Gasteiger partial charge in [-0.05, 0) is 48.9 Å². The molecule has 5 atom stereocenters. The Morgan fingerprint density at radius 1 is 0.900 bits per heavy atom. The molecule has 0 aromatic rings. The van der Waals surface area contributed by atoms with Gasteiger partial charge in [-0.15, -0.1) is 0 Å². The van der Waals surface area contributed by atoms with Gasteiger partial charge >= 0.3 is 0 Å². The van der Waals surface area contributed by atoms with Crippen molar-refractivity contribution in [2.24, 2.45) is 29.6 Å². The first-order valence-corrected chi connectivity index (χ1v) is 4.86. The molecule has 0 nitrogen and oxygen atoms in total. The van der Waals surface area contributed by atoms with Gasteiger partial charge in [-0.2, -0.15) is 0 Å². The van der Waals surface area contributed by atoms with Crippen LogP contribution in [0.4, 0.5) is 0 Å². The van der Waals surface area contributed by atoms with Crippen LogP contribution in [0.5, 0.6) is 0 Å². The Bertz CT molecular complexity index is 159. The monoisotopic (exact) mass is 136 g/mol. The van der Waals surface area contributed by atoms with Crippen LogP contribution in [0.3, 0.4) is 0 Å². The van der Waals surface area contributed by atoms with E-state index in [4.69, 9.17) is 0 Å². The van der Waals surface area contributed by atoms with E-state index >= 15 is 0 Å². The van der Waals surface area contributed by atoms with E-state index in [0.29, 0.717) is 0 Å². The summed E-state index contributed by atoms with van der Waals surface area (Å²) in [6, 6.07) is 0. The summed E-state index contributed by atoms with van der Waals surface area (Å²) in [5, 5.41) is 0. The van der Waals surface area contributed by atoms with E-state index in [2.05, 4.69) is 6.92 Å². The van der Waals surface area contributed by atoms with Crippen LogP contribution >= 0.6 is 0 Å². The highest BCUT2D eigenvalue weighted by Gasteiger charge is 2.56. The molecular formula is C10H16. The first-order chi connectivity index (χ1) is 4.86. The summed E-state index contributed by atoms with van der Waals surface area (Å²) in [7, 11) is 0. The van der Waals surface area contributed by atoms with Gasteiger partial charge in [0.25, 0.3) is 0 Å². The molecule has 0 heteroatoms. The summed E-state index contributed by atoms with van der Waals surface area (Å²) >= 11 is 0. The van der Waals surface area contributed by atoms with Crippen LogP contribution in [-0.4, -0.2) is 0 Å². The molecule has 3 aliphatic rings. The van der Waals surface area contributed by atoms with Crippen LogP contribution < -0.4 is 0 Å². The van der Waals surface area contributed by atoms with Crippen molar-refractivity contribution >= 4 is 0 Å². The van der Waals surface area contributed by atoms with E-state index in [1.54, 1.807) is 25.7 Å². The summed E-state index contributed by atoms with van der Waals surface area (Å²) < 4.78 is 0. The Balaban J connectivity index is 1.86. The van der Waals surface area contributed by atoms with Gasteiger partial charge in [-0.25, -0.2) is 0 Å². The van der Waals surface area contributed by atoms with Crippen LogP contribution in [-0.2, 0) is 0 Å². The minimum Gasteiger partial charge on any atom is -0.0622 e. The second-order valence-corrected chi connectivity index (χ2v) is 4.78. The molecule has 0 aromatic carbocycles. The largest absolute Gasteiger partial charge is 0.0622 e. The predicted octanol–water partition coefficient (Wildman–Crippen LogP) is 2.69. The summed E-state index contributed by atoms with van der Waals surface area (Å²) in [4.78, 5) is 0. The quantitative estimate of drug-likeness (QED) is 0.480. The first-order valence-electron chi connectivity index (χ1n) is 4.86. The SMILES string of the molecule is CC1CCC2C1CC1CC12.